The smallest absolute Gasteiger partial charge is 0.0591 e. The van der Waals surface area contributed by atoms with E-state index in [2.05, 4.69) is 32.7 Å². The van der Waals surface area contributed by atoms with Crippen molar-refractivity contribution in [1.29, 1.82) is 0 Å². The molecule has 0 atom stereocenters. The number of hydrogen-bond acceptors (Lipinski definition) is 3. The van der Waals surface area contributed by atoms with Crippen LogP contribution in [0, 0.1) is 5.92 Å². The molecule has 0 unspecified atom stereocenters. The molecule has 1 heterocycles. The van der Waals surface area contributed by atoms with Crippen molar-refractivity contribution in [2.75, 3.05) is 19.8 Å². The summed E-state index contributed by atoms with van der Waals surface area (Å²) in [6, 6.07) is 2.09. The van der Waals surface area contributed by atoms with Gasteiger partial charge in [0, 0.05) is 29.0 Å². The van der Waals surface area contributed by atoms with Gasteiger partial charge in [0.25, 0.3) is 0 Å². The Hall–Kier alpha value is 0.1000. The Kier molecular flexibility index (Phi) is 4.62. The van der Waals surface area contributed by atoms with Crippen molar-refractivity contribution in [3.05, 3.63) is 20.8 Å². The normalized spacial score (nSPS) is 15.8. The number of hydrogen-bond donors (Lipinski definition) is 1. The van der Waals surface area contributed by atoms with Crippen LogP contribution in [0.5, 0.6) is 0 Å². The van der Waals surface area contributed by atoms with Gasteiger partial charge in [-0.1, -0.05) is 0 Å². The van der Waals surface area contributed by atoms with Crippen LogP contribution in [0.2, 0.25) is 0 Å². The van der Waals surface area contributed by atoms with Gasteiger partial charge in [0.2, 0.25) is 0 Å². The van der Waals surface area contributed by atoms with Crippen LogP contribution in [0.25, 0.3) is 0 Å². The summed E-state index contributed by atoms with van der Waals surface area (Å²) in [6.07, 6.45) is 2.74. The molecule has 0 bridgehead atoms. The maximum Gasteiger partial charge on any atom is 0.0591 e. The number of ether oxygens (including phenoxy) is 1. The van der Waals surface area contributed by atoms with E-state index in [0.29, 0.717) is 0 Å². The second-order valence-electron chi connectivity index (χ2n) is 3.89. The Labute approximate surface area is 103 Å². The van der Waals surface area contributed by atoms with Gasteiger partial charge in [-0.15, -0.1) is 11.3 Å². The van der Waals surface area contributed by atoms with Gasteiger partial charge in [-0.05, 0) is 46.1 Å². The standard InChI is InChI=1S/C11H16BrNOS/c12-10-3-6-15-11(10)7-13-4-5-14-8-9-1-2-9/h3,6,9,13H,1-2,4-5,7-8H2. The summed E-state index contributed by atoms with van der Waals surface area (Å²) in [5.74, 6) is 0.872. The largest absolute Gasteiger partial charge is 0.380 e. The molecule has 0 saturated heterocycles. The molecule has 0 aromatic carbocycles. The molecule has 0 spiro atoms. The van der Waals surface area contributed by atoms with E-state index in [1.54, 1.807) is 11.3 Å². The highest BCUT2D eigenvalue weighted by atomic mass is 79.9. The average Bonchev–Trinajstić information content (AvgIpc) is 2.96. The van der Waals surface area contributed by atoms with E-state index in [-0.39, 0.29) is 0 Å². The Morgan fingerprint density at radius 1 is 1.53 bits per heavy atom. The second-order valence-corrected chi connectivity index (χ2v) is 5.74. The molecule has 1 aromatic rings. The summed E-state index contributed by atoms with van der Waals surface area (Å²) >= 11 is 5.29. The zero-order valence-corrected chi connectivity index (χ0v) is 11.1. The lowest BCUT2D eigenvalue weighted by Crippen LogP contribution is -2.19. The molecule has 0 amide bonds. The third-order valence-electron chi connectivity index (χ3n) is 2.45. The first kappa shape index (κ1) is 11.6. The maximum atomic E-state index is 5.54. The van der Waals surface area contributed by atoms with Crippen molar-refractivity contribution >= 4 is 27.3 Å². The fourth-order valence-electron chi connectivity index (χ4n) is 1.33. The lowest BCUT2D eigenvalue weighted by Gasteiger charge is -2.04. The van der Waals surface area contributed by atoms with Crippen LogP contribution < -0.4 is 5.32 Å². The van der Waals surface area contributed by atoms with Gasteiger partial charge in [-0.2, -0.15) is 0 Å². The minimum Gasteiger partial charge on any atom is -0.380 e. The van der Waals surface area contributed by atoms with E-state index in [1.807, 2.05) is 0 Å². The number of nitrogens with one attached hydrogen (secondary N) is 1. The van der Waals surface area contributed by atoms with E-state index in [9.17, 15) is 0 Å². The zero-order valence-electron chi connectivity index (χ0n) is 8.67. The first-order chi connectivity index (χ1) is 7.36. The summed E-state index contributed by atoms with van der Waals surface area (Å²) in [6.45, 7) is 3.67. The molecule has 0 radical (unpaired) electrons. The fourth-order valence-corrected chi connectivity index (χ4v) is 2.79. The highest BCUT2D eigenvalue weighted by Gasteiger charge is 2.20. The van der Waals surface area contributed by atoms with E-state index in [4.69, 9.17) is 4.74 Å². The lowest BCUT2D eigenvalue weighted by molar-refractivity contribution is 0.126. The van der Waals surface area contributed by atoms with Gasteiger partial charge in [-0.25, -0.2) is 0 Å². The molecule has 0 aliphatic heterocycles. The van der Waals surface area contributed by atoms with Crippen LogP contribution in [0.1, 0.15) is 17.7 Å². The van der Waals surface area contributed by atoms with E-state index in [0.717, 1.165) is 32.2 Å². The van der Waals surface area contributed by atoms with Crippen LogP contribution in [0.15, 0.2) is 15.9 Å². The summed E-state index contributed by atoms with van der Waals surface area (Å²) in [5, 5.41) is 5.48. The molecular formula is C11H16BrNOS. The molecule has 1 aliphatic carbocycles. The molecule has 4 heteroatoms. The molecule has 1 fully saturated rings. The monoisotopic (exact) mass is 289 g/mol. The van der Waals surface area contributed by atoms with Crippen molar-refractivity contribution in [3.8, 4) is 0 Å². The second kappa shape index (κ2) is 5.99. The Balaban J connectivity index is 1.49. The first-order valence-electron chi connectivity index (χ1n) is 5.36. The Bertz CT molecular complexity index is 299. The summed E-state index contributed by atoms with van der Waals surface area (Å²) < 4.78 is 6.74. The van der Waals surface area contributed by atoms with Crippen LogP contribution in [-0.2, 0) is 11.3 Å². The van der Waals surface area contributed by atoms with Crippen molar-refractivity contribution in [3.63, 3.8) is 0 Å². The predicted molar refractivity (Wildman–Crippen MR) is 67.3 cm³/mol. The summed E-state index contributed by atoms with van der Waals surface area (Å²) in [4.78, 5) is 1.36. The van der Waals surface area contributed by atoms with Crippen molar-refractivity contribution < 1.29 is 4.74 Å². The highest BCUT2D eigenvalue weighted by molar-refractivity contribution is 9.10. The molecule has 84 valence electrons. The minimum atomic E-state index is 0.833. The maximum absolute atomic E-state index is 5.54. The molecule has 1 saturated carbocycles. The molecule has 2 nitrogen and oxygen atoms in total. The van der Waals surface area contributed by atoms with Gasteiger partial charge in [-0.3, -0.25) is 0 Å². The summed E-state index contributed by atoms with van der Waals surface area (Å²) in [7, 11) is 0. The van der Waals surface area contributed by atoms with Gasteiger partial charge in [0.05, 0.1) is 6.61 Å². The zero-order chi connectivity index (χ0) is 10.5. The fraction of sp³-hybridized carbons (Fsp3) is 0.636. The number of halogens is 1. The molecule has 1 N–H and O–H groups in total. The SMILES string of the molecule is Brc1ccsc1CNCCOCC1CC1. The highest BCUT2D eigenvalue weighted by Crippen LogP contribution is 2.28. The number of thiophene rings is 1. The van der Waals surface area contributed by atoms with Crippen LogP contribution in [0.3, 0.4) is 0 Å². The predicted octanol–water partition coefficient (Wildman–Crippen LogP) is 3.03. The first-order valence-corrected chi connectivity index (χ1v) is 7.04. The quantitative estimate of drug-likeness (QED) is 0.779. The number of rotatable bonds is 7. The lowest BCUT2D eigenvalue weighted by atomic mass is 10.4. The average molecular weight is 290 g/mol. The van der Waals surface area contributed by atoms with Crippen molar-refractivity contribution in [2.24, 2.45) is 5.92 Å². The summed E-state index contributed by atoms with van der Waals surface area (Å²) in [5.41, 5.74) is 0. The molecule has 15 heavy (non-hydrogen) atoms. The molecule has 1 aromatic heterocycles. The van der Waals surface area contributed by atoms with Crippen LogP contribution in [0.4, 0.5) is 0 Å². The Morgan fingerprint density at radius 2 is 2.40 bits per heavy atom. The van der Waals surface area contributed by atoms with E-state index < -0.39 is 0 Å². The van der Waals surface area contributed by atoms with Crippen LogP contribution in [-0.4, -0.2) is 19.8 Å². The molecule has 1 aliphatic rings. The third kappa shape index (κ3) is 4.23. The van der Waals surface area contributed by atoms with Gasteiger partial charge >= 0.3 is 0 Å². The minimum absolute atomic E-state index is 0.833. The van der Waals surface area contributed by atoms with Crippen molar-refractivity contribution in [1.82, 2.24) is 5.32 Å². The Morgan fingerprint density at radius 3 is 3.07 bits per heavy atom. The van der Waals surface area contributed by atoms with E-state index in [1.165, 1.54) is 22.2 Å². The van der Waals surface area contributed by atoms with Gasteiger partial charge < -0.3 is 10.1 Å². The third-order valence-corrected chi connectivity index (χ3v) is 4.38. The molecular weight excluding hydrogens is 274 g/mol. The van der Waals surface area contributed by atoms with Crippen LogP contribution >= 0.6 is 27.3 Å². The topological polar surface area (TPSA) is 21.3 Å². The van der Waals surface area contributed by atoms with Crippen molar-refractivity contribution in [2.45, 2.75) is 19.4 Å². The van der Waals surface area contributed by atoms with Gasteiger partial charge in [0.15, 0.2) is 0 Å². The molecule has 2 rings (SSSR count). The van der Waals surface area contributed by atoms with Gasteiger partial charge in [0.1, 0.15) is 0 Å². The van der Waals surface area contributed by atoms with E-state index >= 15 is 0 Å².